The second kappa shape index (κ2) is 14.5. The fourth-order valence-electron chi connectivity index (χ4n) is 5.59. The number of ether oxygens (including phenoxy) is 2. The molecule has 2 aromatic carbocycles. The van der Waals surface area contributed by atoms with Gasteiger partial charge in [0.2, 0.25) is 11.8 Å². The van der Waals surface area contributed by atoms with Gasteiger partial charge in [-0.25, -0.2) is 29.7 Å². The highest BCUT2D eigenvalue weighted by molar-refractivity contribution is 5.95. The van der Waals surface area contributed by atoms with Crippen molar-refractivity contribution in [2.75, 3.05) is 37.5 Å². The molecule has 1 aliphatic carbocycles. The summed E-state index contributed by atoms with van der Waals surface area (Å²) < 4.78 is 52.6. The van der Waals surface area contributed by atoms with Crippen LogP contribution in [0.2, 0.25) is 0 Å². The molecule has 260 valence electrons. The minimum Gasteiger partial charge on any atom is -0.480 e. The molecule has 1 N–H and O–H groups in total. The Bertz CT molecular complexity index is 1960. The zero-order valence-electron chi connectivity index (χ0n) is 28.0. The SMILES string of the molecule is COC(=O)c1ccccc1NCCN(Cc1ccc(-c2nc(C(F)(F)F)cn2C(C)C)cc1)c1ncnc(-c2c(OC)ncnc2C2CC2)n1. The first-order valence-corrected chi connectivity index (χ1v) is 16.1. The van der Waals surface area contributed by atoms with Gasteiger partial charge in [0.1, 0.15) is 24.0 Å². The number of nitrogens with zero attached hydrogens (tertiary/aromatic N) is 8. The molecule has 0 atom stereocenters. The number of hydrogen-bond acceptors (Lipinski definition) is 11. The molecule has 3 heterocycles. The van der Waals surface area contributed by atoms with Gasteiger partial charge in [-0.05, 0) is 44.4 Å². The number of benzene rings is 2. The summed E-state index contributed by atoms with van der Waals surface area (Å²) in [5.41, 5.74) is 2.92. The zero-order valence-corrected chi connectivity index (χ0v) is 28.0. The summed E-state index contributed by atoms with van der Waals surface area (Å²) in [7, 11) is 2.87. The lowest BCUT2D eigenvalue weighted by Crippen LogP contribution is -2.30. The van der Waals surface area contributed by atoms with Crippen LogP contribution in [0.15, 0.2) is 67.4 Å². The van der Waals surface area contributed by atoms with Gasteiger partial charge in [0, 0.05) is 49.0 Å². The summed E-state index contributed by atoms with van der Waals surface area (Å²) in [6, 6.07) is 14.0. The molecule has 15 heteroatoms. The van der Waals surface area contributed by atoms with Gasteiger partial charge in [-0.15, -0.1) is 0 Å². The number of aromatic nitrogens is 7. The van der Waals surface area contributed by atoms with Crippen LogP contribution in [-0.2, 0) is 17.5 Å². The molecular weight excluding hydrogens is 651 g/mol. The highest BCUT2D eigenvalue weighted by Crippen LogP contribution is 2.45. The predicted molar refractivity (Wildman–Crippen MR) is 180 cm³/mol. The van der Waals surface area contributed by atoms with E-state index in [0.29, 0.717) is 59.7 Å². The maximum Gasteiger partial charge on any atom is 0.434 e. The lowest BCUT2D eigenvalue weighted by atomic mass is 10.1. The van der Waals surface area contributed by atoms with E-state index < -0.39 is 17.8 Å². The number of imidazole rings is 1. The number of alkyl halides is 3. The first-order valence-electron chi connectivity index (χ1n) is 16.1. The number of hydrogen-bond donors (Lipinski definition) is 1. The van der Waals surface area contributed by atoms with Gasteiger partial charge >= 0.3 is 12.1 Å². The van der Waals surface area contributed by atoms with Crippen LogP contribution in [0.25, 0.3) is 22.8 Å². The Labute approximate surface area is 286 Å². The van der Waals surface area contributed by atoms with Crippen LogP contribution in [0, 0.1) is 0 Å². The Morgan fingerprint density at radius 3 is 2.42 bits per heavy atom. The summed E-state index contributed by atoms with van der Waals surface area (Å²) >= 11 is 0. The second-order valence-electron chi connectivity index (χ2n) is 12.1. The van der Waals surface area contributed by atoms with E-state index in [0.717, 1.165) is 30.3 Å². The third-order valence-electron chi connectivity index (χ3n) is 8.26. The molecule has 6 rings (SSSR count). The Morgan fingerprint density at radius 2 is 1.74 bits per heavy atom. The topological polar surface area (TPSA) is 133 Å². The van der Waals surface area contributed by atoms with Crippen molar-refractivity contribution >= 4 is 17.6 Å². The average Bonchev–Trinajstić information content (AvgIpc) is 3.87. The lowest BCUT2D eigenvalue weighted by molar-refractivity contribution is -0.140. The molecule has 50 heavy (non-hydrogen) atoms. The lowest BCUT2D eigenvalue weighted by Gasteiger charge is -2.24. The molecule has 12 nitrogen and oxygen atoms in total. The summed E-state index contributed by atoms with van der Waals surface area (Å²) in [5, 5.41) is 3.32. The third-order valence-corrected chi connectivity index (χ3v) is 8.26. The molecule has 0 bridgehead atoms. The molecular formula is C35H36F3N9O3. The Hall–Kier alpha value is -5.60. The van der Waals surface area contributed by atoms with Crippen LogP contribution < -0.4 is 15.0 Å². The number of carbonyl (C=O) groups is 1. The van der Waals surface area contributed by atoms with E-state index in [1.165, 1.54) is 31.4 Å². The van der Waals surface area contributed by atoms with E-state index in [2.05, 4.69) is 30.2 Å². The van der Waals surface area contributed by atoms with E-state index in [1.807, 2.05) is 36.9 Å². The molecule has 1 saturated carbocycles. The van der Waals surface area contributed by atoms with Gasteiger partial charge in [0.15, 0.2) is 11.5 Å². The monoisotopic (exact) mass is 687 g/mol. The van der Waals surface area contributed by atoms with Gasteiger partial charge in [-0.1, -0.05) is 36.4 Å². The molecule has 0 saturated heterocycles. The molecule has 3 aromatic heterocycles. The summed E-state index contributed by atoms with van der Waals surface area (Å²) in [5.74, 6) is 1.17. The fourth-order valence-corrected chi connectivity index (χ4v) is 5.59. The van der Waals surface area contributed by atoms with Crippen molar-refractivity contribution in [1.29, 1.82) is 0 Å². The van der Waals surface area contributed by atoms with E-state index in [-0.39, 0.29) is 17.8 Å². The van der Waals surface area contributed by atoms with E-state index in [1.54, 1.807) is 30.3 Å². The van der Waals surface area contributed by atoms with Crippen LogP contribution in [0.1, 0.15) is 66.0 Å². The smallest absolute Gasteiger partial charge is 0.434 e. The summed E-state index contributed by atoms with van der Waals surface area (Å²) in [6.07, 6.45) is 1.40. The van der Waals surface area contributed by atoms with Gasteiger partial charge in [0.25, 0.3) is 0 Å². The molecule has 0 unspecified atom stereocenters. The number of methoxy groups -OCH3 is 2. The molecule has 0 amide bonds. The number of halogens is 3. The van der Waals surface area contributed by atoms with Crippen LogP contribution in [0.4, 0.5) is 24.8 Å². The molecule has 1 fully saturated rings. The minimum atomic E-state index is -4.56. The van der Waals surface area contributed by atoms with Crippen molar-refractivity contribution in [2.45, 2.75) is 51.4 Å². The molecule has 5 aromatic rings. The van der Waals surface area contributed by atoms with Crippen molar-refractivity contribution in [3.05, 3.63) is 89.9 Å². The standard InChI is InChI=1S/C35H36F3N9O3/c1-21(2)47-18-27(35(36,37)38)44-31(47)24-11-9-22(10-12-24)17-46(16-15-39-26-8-6-5-7-25(26)33(48)50-4)34-43-20-41-30(45-34)28-29(23-13-14-23)40-19-42-32(28)49-3/h5-12,18-21,23,39H,13-17H2,1-4H3. The van der Waals surface area contributed by atoms with E-state index >= 15 is 0 Å². The number of carbonyl (C=O) groups excluding carboxylic acids is 1. The minimum absolute atomic E-state index is 0.229. The maximum absolute atomic E-state index is 13.5. The first kappa shape index (κ1) is 34.3. The Morgan fingerprint density at radius 1 is 1.00 bits per heavy atom. The molecule has 0 aliphatic heterocycles. The molecule has 0 spiro atoms. The fraction of sp³-hybridized carbons (Fsp3) is 0.343. The zero-order chi connectivity index (χ0) is 35.4. The summed E-state index contributed by atoms with van der Waals surface area (Å²) in [4.78, 5) is 40.9. The number of rotatable bonds is 13. The van der Waals surface area contributed by atoms with Crippen LogP contribution in [0.5, 0.6) is 5.88 Å². The van der Waals surface area contributed by atoms with Crippen LogP contribution in [0.3, 0.4) is 0 Å². The van der Waals surface area contributed by atoms with Gasteiger partial charge in [-0.2, -0.15) is 18.2 Å². The van der Waals surface area contributed by atoms with Gasteiger partial charge in [0.05, 0.1) is 25.5 Å². The van der Waals surface area contributed by atoms with Crippen molar-refractivity contribution in [2.24, 2.45) is 0 Å². The van der Waals surface area contributed by atoms with Crippen molar-refractivity contribution in [1.82, 2.24) is 34.5 Å². The highest BCUT2D eigenvalue weighted by atomic mass is 19.4. The van der Waals surface area contributed by atoms with Crippen molar-refractivity contribution in [3.63, 3.8) is 0 Å². The van der Waals surface area contributed by atoms with E-state index in [4.69, 9.17) is 14.5 Å². The highest BCUT2D eigenvalue weighted by Gasteiger charge is 2.35. The van der Waals surface area contributed by atoms with Gasteiger partial charge < -0.3 is 24.3 Å². The maximum atomic E-state index is 13.5. The second-order valence-corrected chi connectivity index (χ2v) is 12.1. The van der Waals surface area contributed by atoms with Gasteiger partial charge in [-0.3, -0.25) is 0 Å². The van der Waals surface area contributed by atoms with Crippen LogP contribution >= 0.6 is 0 Å². The first-order chi connectivity index (χ1) is 24.1. The van der Waals surface area contributed by atoms with E-state index in [9.17, 15) is 18.0 Å². The van der Waals surface area contributed by atoms with Crippen LogP contribution in [-0.4, -0.2) is 67.7 Å². The molecule has 1 aliphatic rings. The third kappa shape index (κ3) is 7.51. The number of nitrogens with one attached hydrogen (secondary N) is 1. The normalized spacial score (nSPS) is 13.0. The van der Waals surface area contributed by atoms with Crippen molar-refractivity contribution < 1.29 is 27.4 Å². The number of para-hydroxylation sites is 1. The summed E-state index contributed by atoms with van der Waals surface area (Å²) in [6.45, 7) is 4.75. The quantitative estimate of drug-likeness (QED) is 0.135. The predicted octanol–water partition coefficient (Wildman–Crippen LogP) is 6.58. The largest absolute Gasteiger partial charge is 0.480 e. The van der Waals surface area contributed by atoms with Crippen molar-refractivity contribution in [3.8, 4) is 28.7 Å². The Kier molecular flexibility index (Phi) is 9.93. The average molecular weight is 688 g/mol. The molecule has 0 radical (unpaired) electrons. The number of anilines is 2. The number of esters is 1. The Balaban J connectivity index is 1.31.